The monoisotopic (exact) mass is 323 g/mol. The van der Waals surface area contributed by atoms with Gasteiger partial charge in [0.05, 0.1) is 12.6 Å². The predicted octanol–water partition coefficient (Wildman–Crippen LogP) is 3.59. The van der Waals surface area contributed by atoms with Crippen molar-refractivity contribution in [2.24, 2.45) is 5.84 Å². The molecule has 0 spiro atoms. The summed E-state index contributed by atoms with van der Waals surface area (Å²) in [6.07, 6.45) is 0. The van der Waals surface area contributed by atoms with E-state index in [4.69, 9.17) is 10.6 Å². The number of nitrogens with one attached hydrogen (secondary N) is 1. The van der Waals surface area contributed by atoms with Gasteiger partial charge in [0.15, 0.2) is 0 Å². The van der Waals surface area contributed by atoms with Gasteiger partial charge in [-0.05, 0) is 39.5 Å². The van der Waals surface area contributed by atoms with Gasteiger partial charge in [-0.25, -0.2) is 10.8 Å². The van der Waals surface area contributed by atoms with Crippen LogP contribution in [0.3, 0.4) is 0 Å². The van der Waals surface area contributed by atoms with E-state index >= 15 is 0 Å². The number of halogens is 1. The van der Waals surface area contributed by atoms with Crippen LogP contribution < -0.4 is 16.0 Å². The lowest BCUT2D eigenvalue weighted by molar-refractivity contribution is 0.419. The average Bonchev–Trinajstić information content (AvgIpc) is 2.37. The first-order valence-corrected chi connectivity index (χ1v) is 6.82. The van der Waals surface area contributed by atoms with E-state index in [2.05, 4.69) is 53.2 Å². The van der Waals surface area contributed by atoms with Crippen LogP contribution in [0, 0.1) is 0 Å². The van der Waals surface area contributed by atoms with Crippen molar-refractivity contribution < 1.29 is 4.74 Å². The Labute approximate surface area is 121 Å². The Hall–Kier alpha value is -1.33. The lowest BCUT2D eigenvalue weighted by Gasteiger charge is -2.23. The second-order valence-electron chi connectivity index (χ2n) is 5.42. The molecule has 102 valence electrons. The molecule has 0 fully saturated rings. The third-order valence-electron chi connectivity index (χ3n) is 3.06. The number of methoxy groups -OCH3 is 1. The van der Waals surface area contributed by atoms with E-state index in [1.165, 1.54) is 0 Å². The molecule has 1 aromatic carbocycles. The van der Waals surface area contributed by atoms with Gasteiger partial charge in [0.25, 0.3) is 0 Å². The summed E-state index contributed by atoms with van der Waals surface area (Å²) in [7, 11) is 1.66. The second kappa shape index (κ2) is 4.98. The maximum Gasteiger partial charge on any atom is 0.144 e. The minimum absolute atomic E-state index is 0.0593. The van der Waals surface area contributed by atoms with E-state index in [1.54, 1.807) is 7.11 Å². The van der Waals surface area contributed by atoms with E-state index in [9.17, 15) is 0 Å². The van der Waals surface area contributed by atoms with Crippen LogP contribution in [0.4, 0.5) is 5.82 Å². The fraction of sp³-hybridized carbons (Fsp3) is 0.357. The predicted molar refractivity (Wildman–Crippen MR) is 82.5 cm³/mol. The number of fused-ring (bicyclic) bond motifs is 1. The Morgan fingerprint density at radius 3 is 2.53 bits per heavy atom. The minimum Gasteiger partial charge on any atom is -0.496 e. The van der Waals surface area contributed by atoms with Crippen LogP contribution in [0.15, 0.2) is 22.7 Å². The van der Waals surface area contributed by atoms with Gasteiger partial charge >= 0.3 is 0 Å². The molecule has 0 aliphatic carbocycles. The molecule has 0 saturated heterocycles. The van der Waals surface area contributed by atoms with Crippen molar-refractivity contribution in [1.29, 1.82) is 0 Å². The van der Waals surface area contributed by atoms with Crippen molar-refractivity contribution in [3.63, 3.8) is 0 Å². The molecule has 3 N–H and O–H groups in total. The highest BCUT2D eigenvalue weighted by Gasteiger charge is 2.21. The summed E-state index contributed by atoms with van der Waals surface area (Å²) < 4.78 is 6.33. The molecule has 2 rings (SSSR count). The third kappa shape index (κ3) is 2.53. The summed E-state index contributed by atoms with van der Waals surface area (Å²) in [5.41, 5.74) is 4.52. The van der Waals surface area contributed by atoms with Crippen molar-refractivity contribution in [1.82, 2.24) is 4.98 Å². The summed E-state index contributed by atoms with van der Waals surface area (Å²) >= 11 is 3.51. The number of hydrogen-bond donors (Lipinski definition) is 2. The van der Waals surface area contributed by atoms with E-state index in [0.717, 1.165) is 26.7 Å². The number of aromatic nitrogens is 1. The molecular weight excluding hydrogens is 306 g/mol. The Morgan fingerprint density at radius 1 is 1.32 bits per heavy atom. The highest BCUT2D eigenvalue weighted by Crippen LogP contribution is 2.36. The van der Waals surface area contributed by atoms with Gasteiger partial charge in [0.2, 0.25) is 0 Å². The Morgan fingerprint density at radius 2 is 2.00 bits per heavy atom. The lowest BCUT2D eigenvalue weighted by atomic mass is 9.86. The van der Waals surface area contributed by atoms with E-state index in [1.807, 2.05) is 12.1 Å². The smallest absolute Gasteiger partial charge is 0.144 e. The molecular formula is C14H18BrN3O. The van der Waals surface area contributed by atoms with Gasteiger partial charge in [-0.3, -0.25) is 0 Å². The number of ether oxygens (including phenoxy) is 1. The van der Waals surface area contributed by atoms with Gasteiger partial charge in [-0.1, -0.05) is 20.8 Å². The van der Waals surface area contributed by atoms with Crippen molar-refractivity contribution in [2.45, 2.75) is 26.2 Å². The summed E-state index contributed by atoms with van der Waals surface area (Å²) in [6, 6.07) is 5.93. The largest absolute Gasteiger partial charge is 0.496 e. The number of nitrogen functional groups attached to an aromatic ring is 1. The molecule has 0 aliphatic rings. The summed E-state index contributed by atoms with van der Waals surface area (Å²) in [6.45, 7) is 6.38. The molecule has 0 atom stereocenters. The fourth-order valence-electron chi connectivity index (χ4n) is 2.06. The van der Waals surface area contributed by atoms with E-state index in [0.29, 0.717) is 5.82 Å². The average molecular weight is 324 g/mol. The molecule has 0 saturated carbocycles. The molecule has 5 heteroatoms. The third-order valence-corrected chi connectivity index (χ3v) is 3.70. The van der Waals surface area contributed by atoms with E-state index in [-0.39, 0.29) is 5.41 Å². The topological polar surface area (TPSA) is 60.2 Å². The number of nitrogens with zero attached hydrogens (tertiary/aromatic N) is 1. The molecule has 1 heterocycles. The molecule has 1 aromatic heterocycles. The summed E-state index contributed by atoms with van der Waals surface area (Å²) in [5, 5.41) is 0.973. The SMILES string of the molecule is COc1ccc(Br)c2nc(NN)c(C(C)(C)C)cc12. The molecule has 0 aliphatic heterocycles. The number of rotatable bonds is 2. The van der Waals surface area contributed by atoms with Gasteiger partial charge < -0.3 is 10.2 Å². The number of hydrazine groups is 1. The minimum atomic E-state index is -0.0593. The first-order chi connectivity index (χ1) is 8.88. The van der Waals surface area contributed by atoms with Crippen molar-refractivity contribution in [3.8, 4) is 5.75 Å². The number of pyridine rings is 1. The van der Waals surface area contributed by atoms with Crippen LogP contribution >= 0.6 is 15.9 Å². The van der Waals surface area contributed by atoms with Crippen LogP contribution in [0.2, 0.25) is 0 Å². The van der Waals surface area contributed by atoms with Crippen LogP contribution in [0.5, 0.6) is 5.75 Å². The first kappa shape index (κ1) is 14.1. The molecule has 2 aromatic rings. The van der Waals surface area contributed by atoms with Gasteiger partial charge in [-0.15, -0.1) is 0 Å². The standard InChI is InChI=1S/C14H18BrN3O/c1-14(2,3)9-7-8-11(19-4)6-5-10(15)12(8)17-13(9)18-16/h5-7H,16H2,1-4H3,(H,17,18). The maximum absolute atomic E-state index is 5.60. The summed E-state index contributed by atoms with van der Waals surface area (Å²) in [4.78, 5) is 4.61. The fourth-order valence-corrected chi connectivity index (χ4v) is 2.49. The Balaban J connectivity index is 2.85. The normalized spacial score (nSPS) is 11.7. The van der Waals surface area contributed by atoms with Gasteiger partial charge in [0, 0.05) is 15.4 Å². The zero-order valence-corrected chi connectivity index (χ0v) is 13.1. The number of hydrogen-bond acceptors (Lipinski definition) is 4. The van der Waals surface area contributed by atoms with Crippen molar-refractivity contribution in [3.05, 3.63) is 28.2 Å². The number of benzene rings is 1. The zero-order chi connectivity index (χ0) is 14.2. The highest BCUT2D eigenvalue weighted by atomic mass is 79.9. The molecule has 0 bridgehead atoms. The van der Waals surface area contributed by atoms with Gasteiger partial charge in [0.1, 0.15) is 11.6 Å². The molecule has 0 amide bonds. The summed E-state index contributed by atoms with van der Waals surface area (Å²) in [5.74, 6) is 7.09. The maximum atomic E-state index is 5.60. The molecule has 19 heavy (non-hydrogen) atoms. The number of nitrogens with two attached hydrogens (primary N) is 1. The first-order valence-electron chi connectivity index (χ1n) is 6.03. The van der Waals surface area contributed by atoms with Crippen molar-refractivity contribution in [2.75, 3.05) is 12.5 Å². The zero-order valence-electron chi connectivity index (χ0n) is 11.5. The molecule has 4 nitrogen and oxygen atoms in total. The molecule has 0 radical (unpaired) electrons. The van der Waals surface area contributed by atoms with Crippen molar-refractivity contribution >= 4 is 32.7 Å². The van der Waals surface area contributed by atoms with Crippen LogP contribution in [0.1, 0.15) is 26.3 Å². The van der Waals surface area contributed by atoms with Crippen LogP contribution in [-0.2, 0) is 5.41 Å². The quantitative estimate of drug-likeness (QED) is 0.655. The van der Waals surface area contributed by atoms with Gasteiger partial charge in [-0.2, -0.15) is 0 Å². The lowest BCUT2D eigenvalue weighted by Crippen LogP contribution is -2.19. The van der Waals surface area contributed by atoms with E-state index < -0.39 is 0 Å². The number of anilines is 1. The molecule has 0 unspecified atom stereocenters. The van der Waals surface area contributed by atoms with Crippen LogP contribution in [0.25, 0.3) is 10.9 Å². The van der Waals surface area contributed by atoms with Crippen LogP contribution in [-0.4, -0.2) is 12.1 Å². The Bertz CT molecular complexity index is 620. The second-order valence-corrected chi connectivity index (χ2v) is 6.28. The highest BCUT2D eigenvalue weighted by molar-refractivity contribution is 9.10. The Kier molecular flexibility index (Phi) is 3.69.